The molecule has 0 unspecified atom stereocenters. The van der Waals surface area contributed by atoms with E-state index in [9.17, 15) is 19.2 Å². The summed E-state index contributed by atoms with van der Waals surface area (Å²) in [6.07, 6.45) is 6.37. The van der Waals surface area contributed by atoms with Crippen LogP contribution in [0.25, 0.3) is 0 Å². The van der Waals surface area contributed by atoms with E-state index in [0.29, 0.717) is 24.2 Å². The molecule has 4 rings (SSSR count). The lowest BCUT2D eigenvalue weighted by atomic mass is 9.90. The molecule has 0 spiro atoms. The summed E-state index contributed by atoms with van der Waals surface area (Å²) in [4.78, 5) is 51.5. The van der Waals surface area contributed by atoms with Crippen LogP contribution >= 0.6 is 0 Å². The second kappa shape index (κ2) is 8.83. The van der Waals surface area contributed by atoms with E-state index in [1.807, 2.05) is 52.0 Å². The Balaban J connectivity index is 1.75. The summed E-state index contributed by atoms with van der Waals surface area (Å²) in [6, 6.07) is 7.23. The lowest BCUT2D eigenvalue weighted by molar-refractivity contribution is -0.121. The van der Waals surface area contributed by atoms with Crippen molar-refractivity contribution in [3.8, 4) is 0 Å². The fourth-order valence-corrected chi connectivity index (χ4v) is 4.74. The standard InChI is InChI=1S/C27H27N3O4/c1-5-17-13-19(11-15(3)26(17)29-21(31)7-8-22(29)32)25(28)20-12-16(4)27(18(6-2)14-20)30-23(33)9-10-24(30)34/h7-14,25H,5-6,28H2,1-4H3. The maximum absolute atomic E-state index is 12.3. The van der Waals surface area contributed by atoms with Crippen molar-refractivity contribution in [2.24, 2.45) is 5.73 Å². The van der Waals surface area contributed by atoms with Crippen LogP contribution in [0.2, 0.25) is 0 Å². The van der Waals surface area contributed by atoms with Crippen molar-refractivity contribution in [3.63, 3.8) is 0 Å². The normalized spacial score (nSPS) is 15.6. The van der Waals surface area contributed by atoms with Gasteiger partial charge in [-0.3, -0.25) is 19.2 Å². The Hall–Kier alpha value is -3.84. The summed E-state index contributed by atoms with van der Waals surface area (Å²) in [5.41, 5.74) is 12.9. The highest BCUT2D eigenvalue weighted by Gasteiger charge is 2.31. The van der Waals surface area contributed by atoms with E-state index < -0.39 is 6.04 Å². The molecule has 7 heteroatoms. The van der Waals surface area contributed by atoms with Crippen molar-refractivity contribution < 1.29 is 19.2 Å². The summed E-state index contributed by atoms with van der Waals surface area (Å²) in [6.45, 7) is 7.68. The fourth-order valence-electron chi connectivity index (χ4n) is 4.74. The molecule has 0 aromatic heterocycles. The van der Waals surface area contributed by atoms with Crippen LogP contribution in [0, 0.1) is 13.8 Å². The van der Waals surface area contributed by atoms with Crippen LogP contribution in [0.5, 0.6) is 0 Å². The van der Waals surface area contributed by atoms with Gasteiger partial charge in [0.2, 0.25) is 0 Å². The Morgan fingerprint density at radius 1 is 0.647 bits per heavy atom. The molecule has 0 saturated carbocycles. The molecule has 0 atom stereocenters. The van der Waals surface area contributed by atoms with Gasteiger partial charge in [-0.2, -0.15) is 0 Å². The molecule has 2 heterocycles. The zero-order valence-electron chi connectivity index (χ0n) is 19.7. The molecule has 4 amide bonds. The lowest BCUT2D eigenvalue weighted by Crippen LogP contribution is -2.31. The molecule has 2 aliphatic rings. The first-order chi connectivity index (χ1) is 16.2. The smallest absolute Gasteiger partial charge is 0.258 e. The Bertz CT molecular complexity index is 1170. The second-order valence-corrected chi connectivity index (χ2v) is 8.57. The Morgan fingerprint density at radius 3 is 1.26 bits per heavy atom. The highest BCUT2D eigenvalue weighted by atomic mass is 16.2. The van der Waals surface area contributed by atoms with Gasteiger partial charge in [0.25, 0.3) is 23.6 Å². The van der Waals surface area contributed by atoms with E-state index in [1.165, 1.54) is 34.1 Å². The largest absolute Gasteiger partial charge is 0.320 e. The van der Waals surface area contributed by atoms with Crippen molar-refractivity contribution in [2.45, 2.75) is 46.6 Å². The van der Waals surface area contributed by atoms with Crippen molar-refractivity contribution >= 4 is 35.0 Å². The van der Waals surface area contributed by atoms with Gasteiger partial charge in [0.05, 0.1) is 17.4 Å². The van der Waals surface area contributed by atoms with E-state index in [4.69, 9.17) is 5.73 Å². The van der Waals surface area contributed by atoms with Gasteiger partial charge < -0.3 is 5.73 Å². The third-order valence-corrected chi connectivity index (χ3v) is 6.35. The summed E-state index contributed by atoms with van der Waals surface area (Å²) < 4.78 is 0. The van der Waals surface area contributed by atoms with Crippen molar-refractivity contribution in [1.29, 1.82) is 0 Å². The van der Waals surface area contributed by atoms with Crippen LogP contribution in [0.15, 0.2) is 48.6 Å². The maximum atomic E-state index is 12.3. The van der Waals surface area contributed by atoms with E-state index in [0.717, 1.165) is 33.4 Å². The molecule has 2 aromatic carbocycles. The number of amides is 4. The highest BCUT2D eigenvalue weighted by molar-refractivity contribution is 6.29. The molecule has 34 heavy (non-hydrogen) atoms. The Labute approximate surface area is 198 Å². The number of hydrogen-bond donors (Lipinski definition) is 1. The SMILES string of the molecule is CCc1cc(C(N)c2cc(C)c(N3C(=O)C=CC3=O)c(CC)c2)cc(C)c1N1C(=O)C=CC1=O. The Morgan fingerprint density at radius 2 is 0.971 bits per heavy atom. The number of carbonyl (C=O) groups is 4. The molecular weight excluding hydrogens is 430 g/mol. The fraction of sp³-hybridized carbons (Fsp3) is 0.259. The van der Waals surface area contributed by atoms with Crippen LogP contribution in [-0.4, -0.2) is 23.6 Å². The molecule has 0 aliphatic carbocycles. The summed E-state index contributed by atoms with van der Waals surface area (Å²) in [7, 11) is 0. The number of imide groups is 2. The number of nitrogens with zero attached hydrogens (tertiary/aromatic N) is 2. The van der Waals surface area contributed by atoms with Crippen molar-refractivity contribution in [3.05, 3.63) is 82.0 Å². The van der Waals surface area contributed by atoms with Gasteiger partial charge in [-0.25, -0.2) is 9.80 Å². The predicted octanol–water partition coefficient (Wildman–Crippen LogP) is 3.34. The topological polar surface area (TPSA) is 101 Å². The number of benzene rings is 2. The Kier molecular flexibility index (Phi) is 6.06. The van der Waals surface area contributed by atoms with Crippen LogP contribution in [-0.2, 0) is 32.0 Å². The molecule has 2 aliphatic heterocycles. The van der Waals surface area contributed by atoms with E-state index in [-0.39, 0.29) is 23.6 Å². The summed E-state index contributed by atoms with van der Waals surface area (Å²) in [5.74, 6) is -1.39. The van der Waals surface area contributed by atoms with Gasteiger partial charge in [0.1, 0.15) is 0 Å². The third-order valence-electron chi connectivity index (χ3n) is 6.35. The second-order valence-electron chi connectivity index (χ2n) is 8.57. The number of rotatable bonds is 6. The van der Waals surface area contributed by atoms with Gasteiger partial charge in [-0.15, -0.1) is 0 Å². The van der Waals surface area contributed by atoms with Gasteiger partial charge in [-0.05, 0) is 60.1 Å². The van der Waals surface area contributed by atoms with E-state index in [2.05, 4.69) is 0 Å². The summed E-state index contributed by atoms with van der Waals surface area (Å²) in [5, 5.41) is 0. The van der Waals surface area contributed by atoms with Gasteiger partial charge in [0, 0.05) is 24.3 Å². The predicted molar refractivity (Wildman–Crippen MR) is 130 cm³/mol. The summed E-state index contributed by atoms with van der Waals surface area (Å²) >= 11 is 0. The van der Waals surface area contributed by atoms with Gasteiger partial charge in [0.15, 0.2) is 0 Å². The molecule has 2 aromatic rings. The number of nitrogens with two attached hydrogens (primary N) is 1. The van der Waals surface area contributed by atoms with Crippen LogP contribution in [0.4, 0.5) is 11.4 Å². The lowest BCUT2D eigenvalue weighted by Gasteiger charge is -2.25. The zero-order valence-corrected chi connectivity index (χ0v) is 19.7. The highest BCUT2D eigenvalue weighted by Crippen LogP contribution is 2.36. The van der Waals surface area contributed by atoms with Crippen LogP contribution in [0.3, 0.4) is 0 Å². The minimum absolute atomic E-state index is 0.348. The minimum Gasteiger partial charge on any atom is -0.320 e. The van der Waals surface area contributed by atoms with Gasteiger partial charge in [-0.1, -0.05) is 38.1 Å². The minimum atomic E-state index is -0.470. The quantitative estimate of drug-likeness (QED) is 0.671. The number of carbonyl (C=O) groups excluding carboxylic acids is 4. The molecule has 0 saturated heterocycles. The number of hydrogen-bond acceptors (Lipinski definition) is 5. The van der Waals surface area contributed by atoms with Crippen LogP contribution in [0.1, 0.15) is 53.3 Å². The average Bonchev–Trinajstić information content (AvgIpc) is 3.32. The molecule has 7 nitrogen and oxygen atoms in total. The monoisotopic (exact) mass is 457 g/mol. The molecule has 0 radical (unpaired) electrons. The first kappa shape index (κ1) is 23.3. The zero-order chi connectivity index (χ0) is 24.7. The van der Waals surface area contributed by atoms with Gasteiger partial charge >= 0.3 is 0 Å². The molecule has 174 valence electrons. The number of anilines is 2. The molecule has 0 fully saturated rings. The first-order valence-corrected chi connectivity index (χ1v) is 11.3. The molecule has 2 N–H and O–H groups in total. The van der Waals surface area contributed by atoms with E-state index in [1.54, 1.807) is 0 Å². The number of aryl methyl sites for hydroxylation is 4. The first-order valence-electron chi connectivity index (χ1n) is 11.3. The van der Waals surface area contributed by atoms with Crippen LogP contribution < -0.4 is 15.5 Å². The third kappa shape index (κ3) is 3.78. The molecule has 0 bridgehead atoms. The maximum Gasteiger partial charge on any atom is 0.258 e. The van der Waals surface area contributed by atoms with E-state index >= 15 is 0 Å². The van der Waals surface area contributed by atoms with Crippen molar-refractivity contribution in [1.82, 2.24) is 0 Å². The average molecular weight is 458 g/mol. The van der Waals surface area contributed by atoms with Crippen molar-refractivity contribution in [2.75, 3.05) is 9.80 Å². The molecular formula is C27H27N3O4.